The summed E-state index contributed by atoms with van der Waals surface area (Å²) in [6, 6.07) is 6.85. The standard InChI is InChI=1S/C13H13N3O2/c1-9-6-11(13(17)18)7-12(16-9)15-8-10-2-4-14-5-3-10/h2-7H,8H2,1H3,(H,15,16)(H,17,18). The predicted octanol–water partition coefficient (Wildman–Crippen LogP) is 2.10. The first-order chi connectivity index (χ1) is 8.65. The van der Waals surface area contributed by atoms with E-state index in [0.29, 0.717) is 18.1 Å². The Bertz CT molecular complexity index is 555. The first kappa shape index (κ1) is 12.0. The summed E-state index contributed by atoms with van der Waals surface area (Å²) in [5.74, 6) is -0.392. The van der Waals surface area contributed by atoms with Gasteiger partial charge in [-0.1, -0.05) is 0 Å². The van der Waals surface area contributed by atoms with Crippen LogP contribution < -0.4 is 5.32 Å². The van der Waals surface area contributed by atoms with Gasteiger partial charge in [0.2, 0.25) is 0 Å². The fourth-order valence-corrected chi connectivity index (χ4v) is 1.58. The minimum atomic E-state index is -0.951. The number of carboxylic acids is 1. The second-order valence-electron chi connectivity index (χ2n) is 3.90. The highest BCUT2D eigenvalue weighted by Crippen LogP contribution is 2.11. The molecule has 2 aromatic rings. The molecule has 0 radical (unpaired) electrons. The summed E-state index contributed by atoms with van der Waals surface area (Å²) in [4.78, 5) is 19.1. The summed E-state index contributed by atoms with van der Waals surface area (Å²) in [5, 5.41) is 12.0. The third kappa shape index (κ3) is 3.04. The van der Waals surface area contributed by atoms with E-state index in [2.05, 4.69) is 15.3 Å². The van der Waals surface area contributed by atoms with E-state index in [-0.39, 0.29) is 5.56 Å². The molecule has 0 unspecified atom stereocenters. The van der Waals surface area contributed by atoms with Gasteiger partial charge in [-0.15, -0.1) is 0 Å². The van der Waals surface area contributed by atoms with Crippen LogP contribution in [0.3, 0.4) is 0 Å². The zero-order valence-corrected chi connectivity index (χ0v) is 9.92. The molecule has 0 amide bonds. The van der Waals surface area contributed by atoms with Crippen LogP contribution in [0.15, 0.2) is 36.7 Å². The van der Waals surface area contributed by atoms with Crippen molar-refractivity contribution in [3.05, 3.63) is 53.5 Å². The third-order valence-corrected chi connectivity index (χ3v) is 2.42. The normalized spacial score (nSPS) is 10.1. The molecule has 0 aliphatic heterocycles. The number of aromatic carboxylic acids is 1. The Morgan fingerprint density at radius 1 is 1.33 bits per heavy atom. The summed E-state index contributed by atoms with van der Waals surface area (Å²) in [5.41, 5.74) is 1.97. The molecule has 2 aromatic heterocycles. The van der Waals surface area contributed by atoms with Crippen LogP contribution >= 0.6 is 0 Å². The molecule has 0 saturated heterocycles. The zero-order chi connectivity index (χ0) is 13.0. The van der Waals surface area contributed by atoms with Crippen LogP contribution in [-0.2, 0) is 6.54 Å². The van der Waals surface area contributed by atoms with Crippen molar-refractivity contribution in [2.24, 2.45) is 0 Å². The quantitative estimate of drug-likeness (QED) is 0.860. The molecule has 5 heteroatoms. The number of carboxylic acid groups (broad SMARTS) is 1. The highest BCUT2D eigenvalue weighted by molar-refractivity contribution is 5.88. The highest BCUT2D eigenvalue weighted by Gasteiger charge is 2.06. The largest absolute Gasteiger partial charge is 0.478 e. The lowest BCUT2D eigenvalue weighted by Gasteiger charge is -2.07. The monoisotopic (exact) mass is 243 g/mol. The van der Waals surface area contributed by atoms with E-state index >= 15 is 0 Å². The smallest absolute Gasteiger partial charge is 0.335 e. The molecule has 5 nitrogen and oxygen atoms in total. The van der Waals surface area contributed by atoms with Crippen molar-refractivity contribution in [1.82, 2.24) is 9.97 Å². The Morgan fingerprint density at radius 3 is 2.72 bits per heavy atom. The van der Waals surface area contributed by atoms with Crippen LogP contribution in [0.25, 0.3) is 0 Å². The van der Waals surface area contributed by atoms with Crippen molar-refractivity contribution in [2.75, 3.05) is 5.32 Å². The number of anilines is 1. The van der Waals surface area contributed by atoms with Crippen LogP contribution in [0.5, 0.6) is 0 Å². The van der Waals surface area contributed by atoms with Crippen molar-refractivity contribution in [2.45, 2.75) is 13.5 Å². The molecule has 0 aliphatic carbocycles. The Balaban J connectivity index is 2.12. The van der Waals surface area contributed by atoms with Crippen LogP contribution in [0.1, 0.15) is 21.6 Å². The second-order valence-corrected chi connectivity index (χ2v) is 3.90. The lowest BCUT2D eigenvalue weighted by molar-refractivity contribution is 0.0696. The minimum absolute atomic E-state index is 0.236. The molecule has 2 heterocycles. The second kappa shape index (κ2) is 5.27. The molecule has 18 heavy (non-hydrogen) atoms. The number of rotatable bonds is 4. The lowest BCUT2D eigenvalue weighted by atomic mass is 10.2. The van der Waals surface area contributed by atoms with Crippen molar-refractivity contribution in [3.63, 3.8) is 0 Å². The van der Waals surface area contributed by atoms with Gasteiger partial charge in [0.1, 0.15) is 5.82 Å². The van der Waals surface area contributed by atoms with E-state index in [4.69, 9.17) is 5.11 Å². The Kier molecular flexibility index (Phi) is 3.52. The van der Waals surface area contributed by atoms with Crippen LogP contribution in [0, 0.1) is 6.92 Å². The molecule has 0 atom stereocenters. The summed E-state index contributed by atoms with van der Waals surface area (Å²) in [6.07, 6.45) is 3.42. The van der Waals surface area contributed by atoms with Crippen LogP contribution in [0.2, 0.25) is 0 Å². The van der Waals surface area contributed by atoms with Gasteiger partial charge in [-0.25, -0.2) is 9.78 Å². The highest BCUT2D eigenvalue weighted by atomic mass is 16.4. The molecule has 0 saturated carbocycles. The average Bonchev–Trinajstić information content (AvgIpc) is 2.37. The summed E-state index contributed by atoms with van der Waals surface area (Å²) < 4.78 is 0. The topological polar surface area (TPSA) is 75.1 Å². The van der Waals surface area contributed by atoms with E-state index in [1.807, 2.05) is 12.1 Å². The van der Waals surface area contributed by atoms with Gasteiger partial charge in [0.05, 0.1) is 5.56 Å². The SMILES string of the molecule is Cc1cc(C(=O)O)cc(NCc2ccncc2)n1. The molecule has 0 aliphatic rings. The Labute approximate surface area is 105 Å². The number of aromatic nitrogens is 2. The van der Waals surface area contributed by atoms with Gasteiger partial charge in [-0.2, -0.15) is 0 Å². The number of aryl methyl sites for hydroxylation is 1. The van der Waals surface area contributed by atoms with Crippen molar-refractivity contribution < 1.29 is 9.90 Å². The molecular weight excluding hydrogens is 230 g/mol. The molecule has 0 fully saturated rings. The van der Waals surface area contributed by atoms with E-state index in [9.17, 15) is 4.79 Å². The van der Waals surface area contributed by atoms with E-state index in [1.54, 1.807) is 25.4 Å². The summed E-state index contributed by atoms with van der Waals surface area (Å²) in [7, 11) is 0. The molecule has 0 spiro atoms. The van der Waals surface area contributed by atoms with E-state index in [0.717, 1.165) is 5.56 Å². The first-order valence-electron chi connectivity index (χ1n) is 5.50. The number of carbonyl (C=O) groups is 1. The van der Waals surface area contributed by atoms with Crippen molar-refractivity contribution in [1.29, 1.82) is 0 Å². The summed E-state index contributed by atoms with van der Waals surface area (Å²) in [6.45, 7) is 2.35. The Hall–Kier alpha value is -2.43. The number of nitrogens with one attached hydrogen (secondary N) is 1. The number of hydrogen-bond donors (Lipinski definition) is 2. The van der Waals surface area contributed by atoms with Gasteiger partial charge in [0, 0.05) is 24.6 Å². The average molecular weight is 243 g/mol. The molecule has 2 rings (SSSR count). The van der Waals surface area contributed by atoms with Crippen molar-refractivity contribution >= 4 is 11.8 Å². The zero-order valence-electron chi connectivity index (χ0n) is 9.92. The van der Waals surface area contributed by atoms with Gasteiger partial charge in [0.15, 0.2) is 0 Å². The molecule has 2 N–H and O–H groups in total. The van der Waals surface area contributed by atoms with Gasteiger partial charge in [-0.3, -0.25) is 4.98 Å². The van der Waals surface area contributed by atoms with Crippen LogP contribution in [-0.4, -0.2) is 21.0 Å². The minimum Gasteiger partial charge on any atom is -0.478 e. The Morgan fingerprint density at radius 2 is 2.06 bits per heavy atom. The maximum absolute atomic E-state index is 10.9. The van der Waals surface area contributed by atoms with Gasteiger partial charge in [-0.05, 0) is 36.8 Å². The maximum Gasteiger partial charge on any atom is 0.335 e. The number of hydrogen-bond acceptors (Lipinski definition) is 4. The summed E-state index contributed by atoms with van der Waals surface area (Å²) >= 11 is 0. The lowest BCUT2D eigenvalue weighted by Crippen LogP contribution is -2.05. The predicted molar refractivity (Wildman–Crippen MR) is 67.5 cm³/mol. The van der Waals surface area contributed by atoms with Gasteiger partial charge in [0.25, 0.3) is 0 Å². The van der Waals surface area contributed by atoms with Gasteiger partial charge < -0.3 is 10.4 Å². The molecule has 0 bridgehead atoms. The molecule has 92 valence electrons. The maximum atomic E-state index is 10.9. The van der Waals surface area contributed by atoms with Crippen molar-refractivity contribution in [3.8, 4) is 0 Å². The third-order valence-electron chi connectivity index (χ3n) is 2.42. The van der Waals surface area contributed by atoms with Gasteiger partial charge >= 0.3 is 5.97 Å². The number of nitrogens with zero attached hydrogens (tertiary/aromatic N) is 2. The first-order valence-corrected chi connectivity index (χ1v) is 5.50. The fourth-order valence-electron chi connectivity index (χ4n) is 1.58. The molecular formula is C13H13N3O2. The van der Waals surface area contributed by atoms with E-state index in [1.165, 1.54) is 6.07 Å². The van der Waals surface area contributed by atoms with E-state index < -0.39 is 5.97 Å². The number of pyridine rings is 2. The fraction of sp³-hybridized carbons (Fsp3) is 0.154. The molecule has 0 aromatic carbocycles. The van der Waals surface area contributed by atoms with Crippen LogP contribution in [0.4, 0.5) is 5.82 Å².